The molecule has 0 bridgehead atoms. The van der Waals surface area contributed by atoms with E-state index >= 15 is 0 Å². The molecule has 15 unspecified atom stereocenters. The van der Waals surface area contributed by atoms with Gasteiger partial charge < -0.3 is 72.2 Å². The summed E-state index contributed by atoms with van der Waals surface area (Å²) in [5.41, 5.74) is 10.4. The normalized spacial score (nSPS) is 27.4. The molecule has 0 aromatic heterocycles. The predicted molar refractivity (Wildman–Crippen MR) is 344 cm³/mol. The average molecular weight is 1280 g/mol. The number of ether oxygens (including phenoxy) is 1. The van der Waals surface area contributed by atoms with Gasteiger partial charge in [-0.15, -0.1) is 0 Å². The van der Waals surface area contributed by atoms with Crippen LogP contribution in [0.2, 0.25) is 0 Å². The summed E-state index contributed by atoms with van der Waals surface area (Å²) in [6, 6.07) is 23.0. The van der Waals surface area contributed by atoms with Gasteiger partial charge in [-0.1, -0.05) is 103 Å². The number of allylic oxidation sites excluding steroid dienone is 10. The van der Waals surface area contributed by atoms with Gasteiger partial charge in [0, 0.05) is 81.9 Å². The first-order valence-electron chi connectivity index (χ1n) is 30.8. The van der Waals surface area contributed by atoms with Gasteiger partial charge >= 0.3 is 53.7 Å². The number of methoxy groups -OCH3 is 1. The Morgan fingerprint density at radius 3 is 1.27 bits per heavy atom. The van der Waals surface area contributed by atoms with Crippen molar-refractivity contribution in [1.82, 2.24) is 0 Å². The Labute approximate surface area is 538 Å². The molecule has 5 heterocycles. The Kier molecular flexibility index (Phi) is 18.3. The largest absolute Gasteiger partial charge is 0.480 e. The van der Waals surface area contributed by atoms with Crippen LogP contribution in [0.5, 0.6) is 0 Å². The van der Waals surface area contributed by atoms with Crippen molar-refractivity contribution in [1.29, 1.82) is 0 Å². The Morgan fingerprint density at radius 1 is 0.372 bits per heavy atom. The quantitative estimate of drug-likeness (QED) is 0.0482. The zero-order valence-corrected chi connectivity index (χ0v) is 50.8. The van der Waals surface area contributed by atoms with E-state index in [2.05, 4.69) is 44.8 Å². The summed E-state index contributed by atoms with van der Waals surface area (Å²) >= 11 is 0. The van der Waals surface area contributed by atoms with Gasteiger partial charge in [-0.2, -0.15) is 0 Å². The highest BCUT2D eigenvalue weighted by Gasteiger charge is 2.46. The van der Waals surface area contributed by atoms with Crippen LogP contribution in [0, 0.1) is 36.5 Å². The van der Waals surface area contributed by atoms with Gasteiger partial charge in [0.25, 0.3) is 0 Å². The van der Waals surface area contributed by atoms with Gasteiger partial charge in [-0.05, 0) is 121 Å². The standard InChI is InChI=1S/C15H15NO4.3C14H13NO4.C14H15NO2/c1-20-15(19)11-7-3-5-9-8-4-2-6-10(8)13(14(17)18)16-12(9)11;16-13(17)9-5-2-6-10-11(9)7-3-1-4-8(7)12(15-10)14(18)19;16-13(17)7-4-5-9-8-2-1-3-10(8)12(14(18)19)15-11(9)6-7;16-13(17)7-4-5-11-10(6-7)8-2-1-3-9(8)12(15-11)14(18)19;1-8-4-2-6-10-9-5-3-7-11(9)13(14(16)17)15-12(8)10/h2-5,7-8,10,13,16H,6H2,1H3,(H,17,18);1-3,5-8,12,15H,4H2,(H,16,17)(H,18,19);1-2,4-6,8,10,12,15H,3H2,(H,16,17)(H,18,19);1-2,4-6,8-9,12,15H,3H2,(H,16,17)(H,18,19);2-6,9,11,13,15H,7H2,1H3,(H,16,17). The third-order valence-corrected chi connectivity index (χ3v) is 19.6. The second kappa shape index (κ2) is 26.7. The summed E-state index contributed by atoms with van der Waals surface area (Å²) in [7, 11) is 1.32. The molecule has 15 rings (SSSR count). The highest BCUT2D eigenvalue weighted by Crippen LogP contribution is 2.50. The number of benzene rings is 5. The number of aliphatic carboxylic acids is 5. The van der Waals surface area contributed by atoms with Gasteiger partial charge in [0.05, 0.1) is 35.1 Å². The minimum absolute atomic E-state index is 0.000628. The number of aromatic carboxylic acids is 3. The molecule has 0 fully saturated rings. The molecule has 94 heavy (non-hydrogen) atoms. The second-order valence-electron chi connectivity index (χ2n) is 24.7. The number of aryl methyl sites for hydroxylation is 1. The number of carboxylic acid groups (broad SMARTS) is 8. The molecule has 5 aliphatic carbocycles. The maximum atomic E-state index is 11.8. The summed E-state index contributed by atoms with van der Waals surface area (Å²) in [5.74, 6) is -7.55. The van der Waals surface area contributed by atoms with Gasteiger partial charge in [0.15, 0.2) is 0 Å². The van der Waals surface area contributed by atoms with Crippen LogP contribution in [0.4, 0.5) is 28.4 Å². The molecular weight excluding hydrogens is 1210 g/mol. The molecule has 0 radical (unpaired) electrons. The number of hydrogen-bond donors (Lipinski definition) is 13. The Bertz CT molecular complexity index is 4080. The zero-order chi connectivity index (χ0) is 67.0. The number of rotatable bonds is 9. The van der Waals surface area contributed by atoms with E-state index in [0.29, 0.717) is 46.7 Å². The predicted octanol–water partition coefficient (Wildman–Crippen LogP) is 10.3. The summed E-state index contributed by atoms with van der Waals surface area (Å²) in [6.07, 6.45) is 23.8. The van der Waals surface area contributed by atoms with Crippen LogP contribution >= 0.6 is 0 Å². The van der Waals surface area contributed by atoms with E-state index in [1.54, 1.807) is 54.6 Å². The van der Waals surface area contributed by atoms with Gasteiger partial charge in [-0.3, -0.25) is 0 Å². The van der Waals surface area contributed by atoms with Gasteiger partial charge in [-0.25, -0.2) is 43.2 Å². The van der Waals surface area contributed by atoms with Crippen molar-refractivity contribution in [3.05, 3.63) is 207 Å². The van der Waals surface area contributed by atoms with Crippen molar-refractivity contribution in [2.75, 3.05) is 33.7 Å². The fourth-order valence-corrected chi connectivity index (χ4v) is 15.2. The molecule has 0 spiro atoms. The Morgan fingerprint density at radius 2 is 0.766 bits per heavy atom. The molecule has 5 aliphatic heterocycles. The average Bonchev–Trinajstić information content (AvgIpc) is 1.51. The van der Waals surface area contributed by atoms with E-state index in [1.807, 2.05) is 73.7 Å². The number of anilines is 5. The van der Waals surface area contributed by atoms with E-state index in [4.69, 9.17) is 14.9 Å². The summed E-state index contributed by atoms with van der Waals surface area (Å²) in [4.78, 5) is 102. The highest BCUT2D eigenvalue weighted by atomic mass is 16.5. The number of para-hydroxylation sites is 2. The molecule has 23 nitrogen and oxygen atoms in total. The van der Waals surface area contributed by atoms with Crippen LogP contribution in [0.1, 0.15) is 137 Å². The zero-order valence-electron chi connectivity index (χ0n) is 50.8. The maximum Gasteiger partial charge on any atom is 0.339 e. The lowest BCUT2D eigenvalue weighted by molar-refractivity contribution is -0.140. The van der Waals surface area contributed by atoms with Crippen LogP contribution < -0.4 is 26.6 Å². The lowest BCUT2D eigenvalue weighted by atomic mass is 9.77. The number of carbonyl (C=O) groups excluding carboxylic acids is 1. The molecule has 0 saturated carbocycles. The molecule has 486 valence electrons. The van der Waals surface area contributed by atoms with E-state index < -0.39 is 83.9 Å². The first kappa shape index (κ1) is 64.6. The van der Waals surface area contributed by atoms with Crippen LogP contribution in [-0.4, -0.2) is 132 Å². The molecule has 13 N–H and O–H groups in total. The second-order valence-corrected chi connectivity index (χ2v) is 24.7. The molecule has 5 aromatic carbocycles. The number of carbonyl (C=O) groups is 9. The SMILES string of the molecule is COC(=O)c1cccc2c1NC(C(=O)O)C1CC=CC21.Cc1cccc2c1NC(C(=O)O)C1CC=CC21.O=C(O)c1ccc2c(c1)C1C=CCC1C(C(=O)O)N2.O=C(O)c1ccc2c(c1)NC(C(=O)O)C1CC=CC21.O=C(O)c1cccc2c1C1C=CCC1C(C(=O)O)N2. The third kappa shape index (κ3) is 12.3. The lowest BCUT2D eigenvalue weighted by Gasteiger charge is -2.35. The fourth-order valence-electron chi connectivity index (χ4n) is 15.2. The molecular formula is C71H69N5O18. The molecule has 23 heteroatoms. The number of esters is 1. The smallest absolute Gasteiger partial charge is 0.339 e. The topological polar surface area (TPSA) is 385 Å². The lowest BCUT2D eigenvalue weighted by Crippen LogP contribution is -2.42. The summed E-state index contributed by atoms with van der Waals surface area (Å²) in [6.45, 7) is 2.02. The Balaban J connectivity index is 0.000000120. The van der Waals surface area contributed by atoms with E-state index in [9.17, 15) is 73.8 Å². The minimum Gasteiger partial charge on any atom is -0.480 e. The fraction of sp³-hybridized carbons (Fsp3) is 0.310. The van der Waals surface area contributed by atoms with Gasteiger partial charge in [0.1, 0.15) is 30.2 Å². The summed E-state index contributed by atoms with van der Waals surface area (Å²) < 4.78 is 4.77. The molecule has 10 aliphatic rings. The van der Waals surface area contributed by atoms with Crippen LogP contribution in [0.15, 0.2) is 152 Å². The van der Waals surface area contributed by atoms with Crippen LogP contribution in [0.3, 0.4) is 0 Å². The van der Waals surface area contributed by atoms with Crippen molar-refractivity contribution >= 4 is 82.2 Å². The van der Waals surface area contributed by atoms with E-state index in [0.717, 1.165) is 47.2 Å². The van der Waals surface area contributed by atoms with Crippen molar-refractivity contribution in [2.24, 2.45) is 29.6 Å². The summed E-state index contributed by atoms with van der Waals surface area (Å²) in [5, 5.41) is 89.0. The number of hydrogen-bond acceptors (Lipinski definition) is 15. The van der Waals surface area contributed by atoms with Crippen LogP contribution in [0.25, 0.3) is 0 Å². The first-order valence-corrected chi connectivity index (χ1v) is 30.8. The minimum atomic E-state index is -1.01. The Hall–Kier alpha value is -11.0. The van der Waals surface area contributed by atoms with E-state index in [-0.39, 0.29) is 75.9 Å². The number of carboxylic acids is 8. The molecule has 0 saturated heterocycles. The van der Waals surface area contributed by atoms with Gasteiger partial charge in [0.2, 0.25) is 0 Å². The van der Waals surface area contributed by atoms with Crippen molar-refractivity contribution in [3.8, 4) is 0 Å². The van der Waals surface area contributed by atoms with E-state index in [1.165, 1.54) is 24.8 Å². The number of fused-ring (bicyclic) bond motifs is 15. The first-order chi connectivity index (χ1) is 45.1. The molecule has 5 aromatic rings. The van der Waals surface area contributed by atoms with Crippen molar-refractivity contribution < 1.29 is 88.7 Å². The molecule has 0 amide bonds. The highest BCUT2D eigenvalue weighted by molar-refractivity contribution is 5.99. The van der Waals surface area contributed by atoms with Crippen molar-refractivity contribution in [2.45, 2.75) is 98.8 Å². The number of nitrogens with one attached hydrogen (secondary N) is 5. The van der Waals surface area contributed by atoms with Crippen molar-refractivity contribution in [3.63, 3.8) is 0 Å². The monoisotopic (exact) mass is 1280 g/mol. The molecule has 15 atom stereocenters. The third-order valence-electron chi connectivity index (χ3n) is 19.6. The maximum absolute atomic E-state index is 11.8. The van der Waals surface area contributed by atoms with Crippen LogP contribution in [-0.2, 0) is 28.7 Å².